The van der Waals surface area contributed by atoms with E-state index >= 15 is 0 Å². The summed E-state index contributed by atoms with van der Waals surface area (Å²) in [4.78, 5) is 23.6. The van der Waals surface area contributed by atoms with E-state index in [9.17, 15) is 9.59 Å². The minimum Gasteiger partial charge on any atom is -0.354 e. The van der Waals surface area contributed by atoms with E-state index in [4.69, 9.17) is 0 Å². The molecule has 5 nitrogen and oxygen atoms in total. The molecule has 0 aliphatic carbocycles. The summed E-state index contributed by atoms with van der Waals surface area (Å²) in [5.74, 6) is 1.02. The van der Waals surface area contributed by atoms with Crippen molar-refractivity contribution in [2.45, 2.75) is 45.1 Å². The largest absolute Gasteiger partial charge is 0.354 e. The molecule has 116 valence electrons. The number of nitrogens with one attached hydrogen (secondary N) is 3. The zero-order valence-electron chi connectivity index (χ0n) is 12.1. The van der Waals surface area contributed by atoms with Crippen molar-refractivity contribution >= 4 is 24.2 Å². The van der Waals surface area contributed by atoms with Crippen molar-refractivity contribution in [1.29, 1.82) is 0 Å². The Morgan fingerprint density at radius 1 is 1.30 bits per heavy atom. The van der Waals surface area contributed by atoms with Crippen LogP contribution in [0, 0.1) is 11.8 Å². The van der Waals surface area contributed by atoms with Crippen molar-refractivity contribution in [3.63, 3.8) is 0 Å². The number of piperidine rings is 2. The normalized spacial score (nSPS) is 25.2. The molecule has 0 spiro atoms. The summed E-state index contributed by atoms with van der Waals surface area (Å²) in [5, 5.41) is 9.01. The smallest absolute Gasteiger partial charge is 0.242 e. The van der Waals surface area contributed by atoms with Gasteiger partial charge in [0.15, 0.2) is 0 Å². The van der Waals surface area contributed by atoms with Gasteiger partial charge in [0.05, 0.1) is 0 Å². The molecule has 2 rings (SSSR count). The van der Waals surface area contributed by atoms with Crippen LogP contribution < -0.4 is 16.0 Å². The molecule has 2 atom stereocenters. The predicted molar refractivity (Wildman–Crippen MR) is 80.8 cm³/mol. The van der Waals surface area contributed by atoms with E-state index in [0.29, 0.717) is 18.3 Å². The summed E-state index contributed by atoms with van der Waals surface area (Å²) in [6.45, 7) is 5.00. The van der Waals surface area contributed by atoms with Gasteiger partial charge in [0.1, 0.15) is 6.04 Å². The van der Waals surface area contributed by atoms with Gasteiger partial charge >= 0.3 is 0 Å². The highest BCUT2D eigenvalue weighted by atomic mass is 35.5. The van der Waals surface area contributed by atoms with Gasteiger partial charge in [-0.2, -0.15) is 0 Å². The lowest BCUT2D eigenvalue weighted by atomic mass is 9.84. The van der Waals surface area contributed by atoms with Gasteiger partial charge in [-0.15, -0.1) is 12.4 Å². The van der Waals surface area contributed by atoms with Crippen LogP contribution in [0.2, 0.25) is 0 Å². The van der Waals surface area contributed by atoms with Crippen LogP contribution in [0.3, 0.4) is 0 Å². The van der Waals surface area contributed by atoms with Crippen LogP contribution in [0.15, 0.2) is 0 Å². The fraction of sp³-hybridized carbons (Fsp3) is 0.857. The average molecular weight is 304 g/mol. The third-order valence-corrected chi connectivity index (χ3v) is 4.32. The lowest BCUT2D eigenvalue weighted by Gasteiger charge is -2.29. The van der Waals surface area contributed by atoms with E-state index in [1.165, 1.54) is 0 Å². The molecule has 2 aliphatic heterocycles. The van der Waals surface area contributed by atoms with Crippen LogP contribution in [0.1, 0.15) is 39.0 Å². The Hall–Kier alpha value is -0.810. The van der Waals surface area contributed by atoms with Crippen LogP contribution in [-0.2, 0) is 9.59 Å². The van der Waals surface area contributed by atoms with Crippen molar-refractivity contribution < 1.29 is 9.59 Å². The minimum absolute atomic E-state index is 0. The maximum atomic E-state index is 12.0. The quantitative estimate of drug-likeness (QED) is 0.720. The Morgan fingerprint density at radius 3 is 2.65 bits per heavy atom. The fourth-order valence-corrected chi connectivity index (χ4v) is 3.04. The van der Waals surface area contributed by atoms with Gasteiger partial charge < -0.3 is 16.0 Å². The Kier molecular flexibility index (Phi) is 7.30. The van der Waals surface area contributed by atoms with E-state index in [0.717, 1.165) is 45.3 Å². The van der Waals surface area contributed by atoms with Crippen molar-refractivity contribution in [2.24, 2.45) is 11.8 Å². The summed E-state index contributed by atoms with van der Waals surface area (Å²) < 4.78 is 0. The molecule has 0 saturated carbocycles. The molecular weight excluding hydrogens is 278 g/mol. The molecule has 6 heteroatoms. The average Bonchev–Trinajstić information content (AvgIpc) is 2.42. The monoisotopic (exact) mass is 303 g/mol. The SMILES string of the molecule is CC(CC(=O)NC1CCCNC1=O)C1CCNCC1.Cl. The molecule has 0 aromatic carbocycles. The summed E-state index contributed by atoms with van der Waals surface area (Å²) in [6, 6.07) is -0.318. The van der Waals surface area contributed by atoms with Gasteiger partial charge in [0.25, 0.3) is 0 Å². The molecule has 0 radical (unpaired) electrons. The first-order valence-corrected chi connectivity index (χ1v) is 7.44. The Bertz CT molecular complexity index is 332. The molecule has 0 aromatic rings. The van der Waals surface area contributed by atoms with Gasteiger partial charge in [-0.25, -0.2) is 0 Å². The summed E-state index contributed by atoms with van der Waals surface area (Å²) in [5.41, 5.74) is 0. The van der Waals surface area contributed by atoms with Gasteiger partial charge in [-0.1, -0.05) is 6.92 Å². The zero-order chi connectivity index (χ0) is 13.7. The second-order valence-corrected chi connectivity index (χ2v) is 5.82. The molecule has 2 unspecified atom stereocenters. The van der Waals surface area contributed by atoms with Crippen LogP contribution in [0.4, 0.5) is 0 Å². The van der Waals surface area contributed by atoms with Gasteiger partial charge in [-0.05, 0) is 50.6 Å². The number of hydrogen-bond acceptors (Lipinski definition) is 3. The summed E-state index contributed by atoms with van der Waals surface area (Å²) in [7, 11) is 0. The van der Waals surface area contributed by atoms with E-state index in [-0.39, 0.29) is 30.3 Å². The molecule has 2 saturated heterocycles. The van der Waals surface area contributed by atoms with Crippen LogP contribution in [-0.4, -0.2) is 37.5 Å². The molecule has 0 bridgehead atoms. The Morgan fingerprint density at radius 2 is 2.00 bits per heavy atom. The number of halogens is 1. The molecule has 2 heterocycles. The molecule has 0 aromatic heterocycles. The van der Waals surface area contributed by atoms with Crippen molar-refractivity contribution in [3.05, 3.63) is 0 Å². The van der Waals surface area contributed by atoms with Gasteiger partial charge in [-0.3, -0.25) is 9.59 Å². The third kappa shape index (κ3) is 4.94. The van der Waals surface area contributed by atoms with E-state index in [1.54, 1.807) is 0 Å². The lowest BCUT2D eigenvalue weighted by molar-refractivity contribution is -0.130. The first-order chi connectivity index (χ1) is 9.16. The first-order valence-electron chi connectivity index (χ1n) is 7.44. The number of amides is 2. The predicted octanol–water partition coefficient (Wildman–Crippen LogP) is 0.829. The second kappa shape index (κ2) is 8.47. The Labute approximate surface area is 127 Å². The van der Waals surface area contributed by atoms with Crippen LogP contribution in [0.25, 0.3) is 0 Å². The van der Waals surface area contributed by atoms with E-state index in [1.807, 2.05) is 0 Å². The minimum atomic E-state index is -0.318. The zero-order valence-corrected chi connectivity index (χ0v) is 12.9. The highest BCUT2D eigenvalue weighted by molar-refractivity contribution is 5.88. The van der Waals surface area contributed by atoms with Crippen molar-refractivity contribution in [2.75, 3.05) is 19.6 Å². The molecular formula is C14H26ClN3O2. The van der Waals surface area contributed by atoms with Gasteiger partial charge in [0.2, 0.25) is 11.8 Å². The highest BCUT2D eigenvalue weighted by Gasteiger charge is 2.26. The van der Waals surface area contributed by atoms with Crippen LogP contribution in [0.5, 0.6) is 0 Å². The maximum Gasteiger partial charge on any atom is 0.242 e. The number of carbonyl (C=O) groups is 2. The first kappa shape index (κ1) is 17.2. The van der Waals surface area contributed by atoms with Crippen LogP contribution >= 0.6 is 12.4 Å². The van der Waals surface area contributed by atoms with Crippen molar-refractivity contribution in [3.8, 4) is 0 Å². The standard InChI is InChI=1S/C14H25N3O2.ClH/c1-10(11-4-7-15-8-5-11)9-13(18)17-12-3-2-6-16-14(12)19;/h10-12,15H,2-9H2,1H3,(H,16,19)(H,17,18);1H. The molecule has 2 amide bonds. The summed E-state index contributed by atoms with van der Waals surface area (Å²) in [6.07, 6.45) is 4.55. The molecule has 2 aliphatic rings. The lowest BCUT2D eigenvalue weighted by Crippen LogP contribution is -2.50. The third-order valence-electron chi connectivity index (χ3n) is 4.32. The molecule has 3 N–H and O–H groups in total. The summed E-state index contributed by atoms with van der Waals surface area (Å²) >= 11 is 0. The molecule has 2 fully saturated rings. The second-order valence-electron chi connectivity index (χ2n) is 5.82. The van der Waals surface area contributed by atoms with Crippen molar-refractivity contribution in [1.82, 2.24) is 16.0 Å². The Balaban J connectivity index is 0.00000200. The fourth-order valence-electron chi connectivity index (χ4n) is 3.04. The number of hydrogen-bond donors (Lipinski definition) is 3. The number of carbonyl (C=O) groups excluding carboxylic acids is 2. The highest BCUT2D eigenvalue weighted by Crippen LogP contribution is 2.24. The maximum absolute atomic E-state index is 12.0. The number of rotatable bonds is 4. The van der Waals surface area contributed by atoms with E-state index < -0.39 is 0 Å². The van der Waals surface area contributed by atoms with E-state index in [2.05, 4.69) is 22.9 Å². The molecule has 20 heavy (non-hydrogen) atoms. The topological polar surface area (TPSA) is 70.2 Å². The van der Waals surface area contributed by atoms with Gasteiger partial charge in [0, 0.05) is 13.0 Å².